The van der Waals surface area contributed by atoms with Gasteiger partial charge in [0.1, 0.15) is 5.69 Å². The maximum atomic E-state index is 12.5. The van der Waals surface area contributed by atoms with Crippen LogP contribution in [0, 0.1) is 13.8 Å². The van der Waals surface area contributed by atoms with Crippen LogP contribution in [0.15, 0.2) is 67.4 Å². The summed E-state index contributed by atoms with van der Waals surface area (Å²) in [5.74, 6) is -0.0668. The molecule has 2 N–H and O–H groups in total. The monoisotopic (exact) mass is 430 g/mol. The Hall–Kier alpha value is -4.40. The molecule has 0 aliphatic rings. The summed E-state index contributed by atoms with van der Waals surface area (Å²) in [6, 6.07) is 11.9. The van der Waals surface area contributed by atoms with Crippen LogP contribution in [0.5, 0.6) is 0 Å². The Balaban J connectivity index is 0.000000913. The summed E-state index contributed by atoms with van der Waals surface area (Å²) in [6.07, 6.45) is 9.40. The molecule has 0 aliphatic heterocycles. The van der Waals surface area contributed by atoms with E-state index in [1.807, 2.05) is 49.0 Å². The smallest absolute Gasteiger partial charge is 0.290 e. The van der Waals surface area contributed by atoms with Gasteiger partial charge in [-0.3, -0.25) is 19.9 Å². The zero-order chi connectivity index (χ0) is 22.9. The lowest BCUT2D eigenvalue weighted by molar-refractivity contribution is -0.122. The van der Waals surface area contributed by atoms with Crippen LogP contribution in [0.1, 0.15) is 32.7 Å². The first kappa shape index (κ1) is 22.3. The highest BCUT2D eigenvalue weighted by Gasteiger charge is 2.12. The number of benzene rings is 1. The summed E-state index contributed by atoms with van der Waals surface area (Å²) < 4.78 is 1.82. The number of nitrogens with one attached hydrogen (secondary N) is 1. The molecule has 0 aliphatic carbocycles. The number of rotatable bonds is 5. The van der Waals surface area contributed by atoms with Gasteiger partial charge in [0, 0.05) is 31.0 Å². The third-order valence-electron chi connectivity index (χ3n) is 4.55. The largest absolute Gasteiger partial charge is 0.483 e. The highest BCUT2D eigenvalue weighted by Crippen LogP contribution is 2.17. The summed E-state index contributed by atoms with van der Waals surface area (Å²) in [7, 11) is 0. The van der Waals surface area contributed by atoms with E-state index in [1.54, 1.807) is 24.8 Å². The average molecular weight is 430 g/mol. The van der Waals surface area contributed by atoms with Crippen molar-refractivity contribution in [2.45, 2.75) is 20.3 Å². The van der Waals surface area contributed by atoms with Crippen molar-refractivity contribution in [2.75, 3.05) is 5.32 Å². The van der Waals surface area contributed by atoms with E-state index in [9.17, 15) is 4.79 Å². The number of nitrogens with zero attached hydrogens (tertiary/aromatic N) is 5. The molecule has 3 aromatic heterocycles. The molecule has 0 spiro atoms. The fourth-order valence-electron chi connectivity index (χ4n) is 2.91. The molecule has 1 amide bonds. The minimum Gasteiger partial charge on any atom is -0.483 e. The lowest BCUT2D eigenvalue weighted by Crippen LogP contribution is -2.16. The van der Waals surface area contributed by atoms with Gasteiger partial charge in [-0.15, -0.1) is 0 Å². The van der Waals surface area contributed by atoms with Crippen LogP contribution in [0.2, 0.25) is 0 Å². The Morgan fingerprint density at radius 2 is 1.78 bits per heavy atom. The van der Waals surface area contributed by atoms with Gasteiger partial charge in [-0.05, 0) is 66.8 Å². The molecule has 0 atom stereocenters. The van der Waals surface area contributed by atoms with E-state index < -0.39 is 0 Å². The first-order valence-electron chi connectivity index (χ1n) is 9.72. The van der Waals surface area contributed by atoms with Crippen molar-refractivity contribution in [3.8, 4) is 5.69 Å². The molecular formula is C23H22N6O3. The molecule has 0 saturated heterocycles. The molecule has 4 rings (SSSR count). The van der Waals surface area contributed by atoms with Gasteiger partial charge < -0.3 is 5.11 Å². The minimum atomic E-state index is -0.330. The number of pyridine rings is 1. The van der Waals surface area contributed by atoms with Gasteiger partial charge in [0.25, 0.3) is 12.4 Å². The van der Waals surface area contributed by atoms with E-state index in [0.717, 1.165) is 27.9 Å². The molecule has 4 aromatic rings. The lowest BCUT2D eigenvalue weighted by atomic mass is 10.0. The van der Waals surface area contributed by atoms with Gasteiger partial charge in [0.2, 0.25) is 5.95 Å². The molecule has 0 radical (unpaired) electrons. The number of hydrogen-bond acceptors (Lipinski definition) is 6. The van der Waals surface area contributed by atoms with Crippen molar-refractivity contribution < 1.29 is 14.7 Å². The number of amides is 1. The van der Waals surface area contributed by atoms with Crippen molar-refractivity contribution in [2.24, 2.45) is 0 Å². The quantitative estimate of drug-likeness (QED) is 0.466. The molecule has 3 heterocycles. The molecule has 9 nitrogen and oxygen atoms in total. The molecule has 9 heteroatoms. The molecule has 0 unspecified atom stereocenters. The second-order valence-corrected chi connectivity index (χ2v) is 6.93. The number of carbonyl (C=O) groups is 2. The average Bonchev–Trinajstić information content (AvgIpc) is 3.33. The van der Waals surface area contributed by atoms with Crippen molar-refractivity contribution in [1.29, 1.82) is 0 Å². The second-order valence-electron chi connectivity index (χ2n) is 6.93. The fourth-order valence-corrected chi connectivity index (χ4v) is 2.91. The van der Waals surface area contributed by atoms with E-state index in [-0.39, 0.29) is 18.3 Å². The highest BCUT2D eigenvalue weighted by molar-refractivity contribution is 6.01. The number of carbonyl (C=O) groups excluding carboxylic acids is 1. The van der Waals surface area contributed by atoms with Crippen LogP contribution in [-0.2, 0) is 11.2 Å². The summed E-state index contributed by atoms with van der Waals surface area (Å²) in [5.41, 5.74) is 5.48. The number of carboxylic acid groups (broad SMARTS) is 1. The Morgan fingerprint density at radius 1 is 1.09 bits per heavy atom. The molecule has 0 bridgehead atoms. The minimum absolute atomic E-state index is 0.250. The van der Waals surface area contributed by atoms with E-state index in [2.05, 4.69) is 37.5 Å². The van der Waals surface area contributed by atoms with Gasteiger partial charge in [-0.25, -0.2) is 14.6 Å². The number of aryl methyl sites for hydroxylation is 2. The maximum Gasteiger partial charge on any atom is 0.290 e. The van der Waals surface area contributed by atoms with E-state index in [1.165, 1.54) is 0 Å². The molecule has 1 aromatic carbocycles. The maximum absolute atomic E-state index is 12.5. The summed E-state index contributed by atoms with van der Waals surface area (Å²) in [5, 5.41) is 13.8. The van der Waals surface area contributed by atoms with E-state index >= 15 is 0 Å². The summed E-state index contributed by atoms with van der Waals surface area (Å²) in [6.45, 7) is 3.63. The number of hydrogen-bond donors (Lipinski definition) is 2. The van der Waals surface area contributed by atoms with Crippen molar-refractivity contribution in [3.05, 3.63) is 95.3 Å². The van der Waals surface area contributed by atoms with Gasteiger partial charge >= 0.3 is 0 Å². The molecule has 0 fully saturated rings. The SMILES string of the molecule is Cc1cnc(NC(=O)c2cc(Cc3ccc(-n4cccn4)cc3)c(C)cn2)nc1.O=CO. The first-order valence-corrected chi connectivity index (χ1v) is 9.72. The predicted molar refractivity (Wildman–Crippen MR) is 119 cm³/mol. The van der Waals surface area contributed by atoms with Crippen molar-refractivity contribution in [1.82, 2.24) is 24.7 Å². The van der Waals surface area contributed by atoms with Crippen LogP contribution in [-0.4, -0.2) is 42.2 Å². The van der Waals surface area contributed by atoms with Crippen LogP contribution in [0.4, 0.5) is 5.95 Å². The van der Waals surface area contributed by atoms with Crippen LogP contribution >= 0.6 is 0 Å². The first-order chi connectivity index (χ1) is 15.5. The van der Waals surface area contributed by atoms with Crippen molar-refractivity contribution in [3.63, 3.8) is 0 Å². The third-order valence-corrected chi connectivity index (χ3v) is 4.55. The Bertz CT molecular complexity index is 1170. The van der Waals surface area contributed by atoms with E-state index in [4.69, 9.17) is 9.90 Å². The molecule has 0 saturated carbocycles. The zero-order valence-electron chi connectivity index (χ0n) is 17.6. The molecular weight excluding hydrogens is 408 g/mol. The topological polar surface area (TPSA) is 123 Å². The van der Waals surface area contributed by atoms with Crippen molar-refractivity contribution >= 4 is 18.3 Å². The highest BCUT2D eigenvalue weighted by atomic mass is 16.3. The van der Waals surface area contributed by atoms with E-state index in [0.29, 0.717) is 12.1 Å². The molecule has 162 valence electrons. The summed E-state index contributed by atoms with van der Waals surface area (Å²) in [4.78, 5) is 33.4. The summed E-state index contributed by atoms with van der Waals surface area (Å²) >= 11 is 0. The predicted octanol–water partition coefficient (Wildman–Crippen LogP) is 3.22. The number of anilines is 1. The zero-order valence-corrected chi connectivity index (χ0v) is 17.6. The number of aromatic nitrogens is 5. The Morgan fingerprint density at radius 3 is 2.41 bits per heavy atom. The van der Waals surface area contributed by atoms with Gasteiger partial charge in [0.05, 0.1) is 5.69 Å². The normalized spacial score (nSPS) is 10.1. The van der Waals surface area contributed by atoms with Gasteiger partial charge in [0.15, 0.2) is 0 Å². The van der Waals surface area contributed by atoms with Gasteiger partial charge in [-0.2, -0.15) is 5.10 Å². The Kier molecular flexibility index (Phi) is 7.37. The Labute approximate surface area is 184 Å². The fraction of sp³-hybridized carbons (Fsp3) is 0.130. The van der Waals surface area contributed by atoms with Crippen LogP contribution in [0.3, 0.4) is 0 Å². The molecule has 32 heavy (non-hydrogen) atoms. The third kappa shape index (κ3) is 5.82. The van der Waals surface area contributed by atoms with Crippen LogP contribution in [0.25, 0.3) is 5.69 Å². The lowest BCUT2D eigenvalue weighted by Gasteiger charge is -2.09. The standard InChI is InChI=1S/C22H20N6O.CH2O2/c1-15-12-24-22(25-13-15)27-21(29)20-11-18(16(2)14-23-20)10-17-4-6-19(7-5-17)28-9-3-8-26-28;2-1-3/h3-9,11-14H,10H2,1-2H3,(H,24,25,27,29);1H,(H,2,3). The van der Waals surface area contributed by atoms with Crippen LogP contribution < -0.4 is 5.32 Å². The van der Waals surface area contributed by atoms with Gasteiger partial charge in [-0.1, -0.05) is 12.1 Å². The second kappa shape index (κ2) is 10.6.